The van der Waals surface area contributed by atoms with Crippen LogP contribution in [-0.4, -0.2) is 53.7 Å². The molecular weight excluding hydrogens is 289 g/mol. The van der Waals surface area contributed by atoms with E-state index in [0.717, 1.165) is 23.0 Å². The Labute approximate surface area is 122 Å². The highest BCUT2D eigenvalue weighted by Crippen LogP contribution is 2.22. The van der Waals surface area contributed by atoms with Gasteiger partial charge in [-0.05, 0) is 12.8 Å². The first-order valence-electron chi connectivity index (χ1n) is 7.04. The molecular formula is C13H23F3N2OS. The SMILES string of the molecule is CCC(CC)N(CC(F)(F)F)C(=O)CC1CSCCN1. The first-order chi connectivity index (χ1) is 9.37. The molecule has 0 saturated carbocycles. The molecule has 0 spiro atoms. The van der Waals surface area contributed by atoms with Crippen molar-refractivity contribution in [3.63, 3.8) is 0 Å². The average Bonchev–Trinajstić information content (AvgIpc) is 2.38. The summed E-state index contributed by atoms with van der Waals surface area (Å²) in [7, 11) is 0. The molecule has 1 N–H and O–H groups in total. The molecule has 1 heterocycles. The summed E-state index contributed by atoms with van der Waals surface area (Å²) in [6.07, 6.45) is -3.09. The molecule has 1 aliphatic heterocycles. The maximum Gasteiger partial charge on any atom is 0.406 e. The Bertz CT molecular complexity index is 302. The number of rotatable bonds is 6. The van der Waals surface area contributed by atoms with Gasteiger partial charge in [0.25, 0.3) is 0 Å². The molecule has 0 radical (unpaired) electrons. The molecule has 0 aromatic rings. The van der Waals surface area contributed by atoms with Gasteiger partial charge in [0.15, 0.2) is 0 Å². The normalized spacial score (nSPS) is 20.2. The summed E-state index contributed by atoms with van der Waals surface area (Å²) < 4.78 is 38.0. The molecule has 0 aromatic heterocycles. The van der Waals surface area contributed by atoms with Crippen LogP contribution in [0.15, 0.2) is 0 Å². The molecule has 1 fully saturated rings. The number of alkyl halides is 3. The number of carbonyl (C=O) groups excluding carboxylic acids is 1. The monoisotopic (exact) mass is 312 g/mol. The summed E-state index contributed by atoms with van der Waals surface area (Å²) in [5.41, 5.74) is 0. The summed E-state index contributed by atoms with van der Waals surface area (Å²) >= 11 is 1.73. The van der Waals surface area contributed by atoms with Crippen molar-refractivity contribution in [2.24, 2.45) is 0 Å². The van der Waals surface area contributed by atoms with E-state index in [2.05, 4.69) is 5.32 Å². The van der Waals surface area contributed by atoms with Gasteiger partial charge < -0.3 is 10.2 Å². The van der Waals surface area contributed by atoms with Crippen LogP contribution >= 0.6 is 11.8 Å². The third kappa shape index (κ3) is 5.91. The van der Waals surface area contributed by atoms with E-state index in [-0.39, 0.29) is 18.5 Å². The van der Waals surface area contributed by atoms with Crippen LogP contribution in [0.5, 0.6) is 0 Å². The van der Waals surface area contributed by atoms with Crippen molar-refractivity contribution in [3.8, 4) is 0 Å². The smallest absolute Gasteiger partial charge is 0.331 e. The minimum absolute atomic E-state index is 0.00801. The van der Waals surface area contributed by atoms with Gasteiger partial charge in [-0.3, -0.25) is 4.79 Å². The standard InChI is InChI=1S/C13H23F3N2OS/c1-3-11(4-2)18(9-13(14,15)16)12(19)7-10-8-20-6-5-17-10/h10-11,17H,3-9H2,1-2H3. The van der Waals surface area contributed by atoms with E-state index in [0.29, 0.717) is 12.8 Å². The van der Waals surface area contributed by atoms with Crippen LogP contribution in [-0.2, 0) is 4.79 Å². The number of nitrogens with one attached hydrogen (secondary N) is 1. The first kappa shape index (κ1) is 17.6. The predicted molar refractivity (Wildman–Crippen MR) is 75.9 cm³/mol. The van der Waals surface area contributed by atoms with Crippen LogP contribution in [0.4, 0.5) is 13.2 Å². The number of halogens is 3. The second-order valence-corrected chi connectivity index (χ2v) is 6.19. The Balaban J connectivity index is 2.67. The fraction of sp³-hybridized carbons (Fsp3) is 0.923. The van der Waals surface area contributed by atoms with Crippen molar-refractivity contribution < 1.29 is 18.0 Å². The van der Waals surface area contributed by atoms with Gasteiger partial charge >= 0.3 is 6.18 Å². The van der Waals surface area contributed by atoms with Gasteiger partial charge in [-0.2, -0.15) is 24.9 Å². The Hall–Kier alpha value is -0.430. The Morgan fingerprint density at radius 2 is 2.05 bits per heavy atom. The molecule has 1 saturated heterocycles. The van der Waals surface area contributed by atoms with E-state index < -0.39 is 18.6 Å². The first-order valence-corrected chi connectivity index (χ1v) is 8.20. The predicted octanol–water partition coefficient (Wildman–Crippen LogP) is 2.66. The van der Waals surface area contributed by atoms with Gasteiger partial charge in [0, 0.05) is 36.6 Å². The highest BCUT2D eigenvalue weighted by atomic mass is 32.2. The quantitative estimate of drug-likeness (QED) is 0.818. The third-order valence-electron chi connectivity index (χ3n) is 3.47. The highest BCUT2D eigenvalue weighted by Gasteiger charge is 2.36. The Morgan fingerprint density at radius 1 is 1.40 bits per heavy atom. The third-order valence-corrected chi connectivity index (χ3v) is 4.60. The largest absolute Gasteiger partial charge is 0.406 e. The lowest BCUT2D eigenvalue weighted by Crippen LogP contribution is -2.48. The summed E-state index contributed by atoms with van der Waals surface area (Å²) in [4.78, 5) is 13.2. The number of thioether (sulfide) groups is 1. The Morgan fingerprint density at radius 3 is 2.50 bits per heavy atom. The van der Waals surface area contributed by atoms with Gasteiger partial charge in [0.1, 0.15) is 6.54 Å². The lowest BCUT2D eigenvalue weighted by molar-refractivity contribution is -0.166. The van der Waals surface area contributed by atoms with Gasteiger partial charge in [-0.15, -0.1) is 0 Å². The minimum Gasteiger partial charge on any atom is -0.331 e. The number of carbonyl (C=O) groups is 1. The maximum atomic E-state index is 12.7. The second-order valence-electron chi connectivity index (χ2n) is 5.04. The minimum atomic E-state index is -4.34. The van der Waals surface area contributed by atoms with Crippen LogP contribution in [0.25, 0.3) is 0 Å². The molecule has 1 rings (SSSR count). The molecule has 0 bridgehead atoms. The molecule has 118 valence electrons. The fourth-order valence-corrected chi connectivity index (χ4v) is 3.37. The summed E-state index contributed by atoms with van der Waals surface area (Å²) in [5.74, 6) is 1.38. The van der Waals surface area contributed by atoms with Crippen molar-refractivity contribution in [3.05, 3.63) is 0 Å². The van der Waals surface area contributed by atoms with Crippen LogP contribution < -0.4 is 5.32 Å². The van der Waals surface area contributed by atoms with Crippen LogP contribution in [0.1, 0.15) is 33.1 Å². The number of nitrogens with zero attached hydrogens (tertiary/aromatic N) is 1. The van der Waals surface area contributed by atoms with Gasteiger partial charge in [-0.25, -0.2) is 0 Å². The van der Waals surface area contributed by atoms with E-state index in [1.165, 1.54) is 0 Å². The van der Waals surface area contributed by atoms with Gasteiger partial charge in [0.05, 0.1) is 0 Å². The molecule has 7 heteroatoms. The van der Waals surface area contributed by atoms with Crippen molar-refractivity contribution in [2.75, 3.05) is 24.6 Å². The van der Waals surface area contributed by atoms with Crippen LogP contribution in [0.2, 0.25) is 0 Å². The molecule has 0 aliphatic carbocycles. The van der Waals surface area contributed by atoms with E-state index in [4.69, 9.17) is 0 Å². The topological polar surface area (TPSA) is 32.3 Å². The van der Waals surface area contributed by atoms with Crippen LogP contribution in [0, 0.1) is 0 Å². The van der Waals surface area contributed by atoms with E-state index in [1.807, 2.05) is 13.8 Å². The zero-order chi connectivity index (χ0) is 15.2. The number of amides is 1. The van der Waals surface area contributed by atoms with Crippen LogP contribution in [0.3, 0.4) is 0 Å². The van der Waals surface area contributed by atoms with E-state index in [1.54, 1.807) is 11.8 Å². The number of hydrogen-bond acceptors (Lipinski definition) is 3. The average molecular weight is 312 g/mol. The summed E-state index contributed by atoms with van der Waals surface area (Å²) in [6.45, 7) is 3.31. The second kappa shape index (κ2) is 8.12. The van der Waals surface area contributed by atoms with Gasteiger partial charge in [-0.1, -0.05) is 13.8 Å². The molecule has 3 nitrogen and oxygen atoms in total. The molecule has 1 unspecified atom stereocenters. The molecule has 1 atom stereocenters. The molecule has 1 aliphatic rings. The highest BCUT2D eigenvalue weighted by molar-refractivity contribution is 7.99. The molecule has 1 amide bonds. The van der Waals surface area contributed by atoms with Crippen molar-refractivity contribution in [2.45, 2.75) is 51.4 Å². The summed E-state index contributed by atoms with van der Waals surface area (Å²) in [5, 5.41) is 3.19. The molecule has 20 heavy (non-hydrogen) atoms. The maximum absolute atomic E-state index is 12.7. The van der Waals surface area contributed by atoms with Crippen molar-refractivity contribution in [1.29, 1.82) is 0 Å². The Kier molecular flexibility index (Phi) is 7.15. The summed E-state index contributed by atoms with van der Waals surface area (Å²) in [6, 6.07) is -0.341. The fourth-order valence-electron chi connectivity index (χ4n) is 2.42. The van der Waals surface area contributed by atoms with Gasteiger partial charge in [0.2, 0.25) is 5.91 Å². The number of hydrogen-bond donors (Lipinski definition) is 1. The van der Waals surface area contributed by atoms with E-state index in [9.17, 15) is 18.0 Å². The van der Waals surface area contributed by atoms with Crippen molar-refractivity contribution >= 4 is 17.7 Å². The van der Waals surface area contributed by atoms with E-state index >= 15 is 0 Å². The zero-order valence-corrected chi connectivity index (χ0v) is 12.8. The lowest BCUT2D eigenvalue weighted by Gasteiger charge is -2.33. The zero-order valence-electron chi connectivity index (χ0n) is 12.0. The lowest BCUT2D eigenvalue weighted by atomic mass is 10.1. The van der Waals surface area contributed by atoms with Crippen molar-refractivity contribution in [1.82, 2.24) is 10.2 Å². The molecule has 0 aromatic carbocycles.